The van der Waals surface area contributed by atoms with Crippen LogP contribution in [0.25, 0.3) is 0 Å². The van der Waals surface area contributed by atoms with Gasteiger partial charge in [-0.1, -0.05) is 0 Å². The van der Waals surface area contributed by atoms with Crippen molar-refractivity contribution >= 4 is 23.4 Å². The molecule has 0 fully saturated rings. The summed E-state index contributed by atoms with van der Waals surface area (Å²) in [6, 6.07) is 8.72. The maximum Gasteiger partial charge on any atom is 0.256 e. The van der Waals surface area contributed by atoms with E-state index in [0.717, 1.165) is 0 Å². The highest BCUT2D eigenvalue weighted by Crippen LogP contribution is 2.22. The molecule has 0 aliphatic carbocycles. The molecule has 2 rings (SSSR count). The highest BCUT2D eigenvalue weighted by molar-refractivity contribution is 7.99. The van der Waals surface area contributed by atoms with Gasteiger partial charge in [-0.05, 0) is 30.5 Å². The van der Waals surface area contributed by atoms with Crippen LogP contribution < -0.4 is 10.1 Å². The highest BCUT2D eigenvalue weighted by Gasteiger charge is 2.07. The average Bonchev–Trinajstić information content (AvgIpc) is 2.50. The topological polar surface area (TPSA) is 87.9 Å². The van der Waals surface area contributed by atoms with Crippen LogP contribution in [0.5, 0.6) is 11.6 Å². The predicted octanol–water partition coefficient (Wildman–Crippen LogP) is 2.44. The number of benzene rings is 1. The Hall–Kier alpha value is -2.59. The quantitative estimate of drug-likeness (QED) is 0.912. The van der Waals surface area contributed by atoms with Gasteiger partial charge in [0.25, 0.3) is 5.88 Å². The van der Waals surface area contributed by atoms with Gasteiger partial charge in [0.05, 0.1) is 5.75 Å². The summed E-state index contributed by atoms with van der Waals surface area (Å²) in [6.07, 6.45) is 4.74. The number of hydrogen-bond acceptors (Lipinski definition) is 6. The van der Waals surface area contributed by atoms with E-state index in [1.807, 2.05) is 12.3 Å². The number of ether oxygens (including phenoxy) is 1. The lowest BCUT2D eigenvalue weighted by molar-refractivity contribution is -0.113. The van der Waals surface area contributed by atoms with E-state index in [1.54, 1.807) is 24.3 Å². The van der Waals surface area contributed by atoms with Gasteiger partial charge in [0.2, 0.25) is 11.6 Å². The number of thioether (sulfide) groups is 1. The second kappa shape index (κ2) is 7.26. The highest BCUT2D eigenvalue weighted by atomic mass is 32.2. The van der Waals surface area contributed by atoms with Crippen LogP contribution in [-0.2, 0) is 4.79 Å². The van der Waals surface area contributed by atoms with Crippen molar-refractivity contribution in [2.75, 3.05) is 17.3 Å². The number of carbonyl (C=O) groups is 1. The standard InChI is InChI=1S/C14H12N4O2S/c1-21-9-13(19)18-10-2-4-11(5-3-10)20-14-12(8-15)16-6-7-17-14/h2-7H,9H2,1H3,(H,18,19). The molecule has 1 N–H and O–H groups in total. The number of amides is 1. The van der Waals surface area contributed by atoms with Crippen molar-refractivity contribution in [3.8, 4) is 17.7 Å². The lowest BCUT2D eigenvalue weighted by Crippen LogP contribution is -2.13. The van der Waals surface area contributed by atoms with Crippen molar-refractivity contribution in [2.24, 2.45) is 0 Å². The summed E-state index contributed by atoms with van der Waals surface area (Å²) in [6.45, 7) is 0. The van der Waals surface area contributed by atoms with Crippen LogP contribution >= 0.6 is 11.8 Å². The van der Waals surface area contributed by atoms with Crippen molar-refractivity contribution < 1.29 is 9.53 Å². The molecular formula is C14H12N4O2S. The first-order valence-electron chi connectivity index (χ1n) is 6.00. The molecule has 6 nitrogen and oxygen atoms in total. The van der Waals surface area contributed by atoms with E-state index in [1.165, 1.54) is 24.2 Å². The Morgan fingerprint density at radius 3 is 2.71 bits per heavy atom. The fourth-order valence-electron chi connectivity index (χ4n) is 1.52. The lowest BCUT2D eigenvalue weighted by atomic mass is 10.3. The van der Waals surface area contributed by atoms with Gasteiger partial charge in [0, 0.05) is 18.1 Å². The maximum atomic E-state index is 11.5. The van der Waals surface area contributed by atoms with Crippen LogP contribution in [0.15, 0.2) is 36.7 Å². The molecule has 0 aliphatic rings. The predicted molar refractivity (Wildman–Crippen MR) is 80.3 cm³/mol. The second-order valence-corrected chi connectivity index (χ2v) is 4.80. The van der Waals surface area contributed by atoms with Gasteiger partial charge >= 0.3 is 0 Å². The fourth-order valence-corrected chi connectivity index (χ4v) is 1.86. The van der Waals surface area contributed by atoms with Crippen molar-refractivity contribution in [1.82, 2.24) is 9.97 Å². The SMILES string of the molecule is CSCC(=O)Nc1ccc(Oc2nccnc2C#N)cc1. The first-order chi connectivity index (χ1) is 10.2. The number of nitrogens with one attached hydrogen (secondary N) is 1. The molecular weight excluding hydrogens is 288 g/mol. The van der Waals surface area contributed by atoms with Crippen molar-refractivity contribution in [3.63, 3.8) is 0 Å². The summed E-state index contributed by atoms with van der Waals surface area (Å²) in [7, 11) is 0. The number of aromatic nitrogens is 2. The first kappa shape index (κ1) is 14.8. The van der Waals surface area contributed by atoms with E-state index in [0.29, 0.717) is 17.2 Å². The van der Waals surface area contributed by atoms with Crippen LogP contribution in [0.2, 0.25) is 0 Å². The summed E-state index contributed by atoms with van der Waals surface area (Å²) in [4.78, 5) is 19.3. The fraction of sp³-hybridized carbons (Fsp3) is 0.143. The minimum atomic E-state index is -0.0585. The Bertz CT molecular complexity index is 667. The Morgan fingerprint density at radius 2 is 2.05 bits per heavy atom. The molecule has 21 heavy (non-hydrogen) atoms. The van der Waals surface area contributed by atoms with E-state index in [2.05, 4.69) is 15.3 Å². The molecule has 0 saturated carbocycles. The molecule has 7 heteroatoms. The number of rotatable bonds is 5. The molecule has 0 aliphatic heterocycles. The third-order valence-corrected chi connectivity index (χ3v) is 2.95. The Kier molecular flexibility index (Phi) is 5.12. The summed E-state index contributed by atoms with van der Waals surface area (Å²) in [5, 5.41) is 11.7. The second-order valence-electron chi connectivity index (χ2n) is 3.93. The van der Waals surface area contributed by atoms with E-state index >= 15 is 0 Å². The zero-order chi connectivity index (χ0) is 15.1. The van der Waals surface area contributed by atoms with Crippen LogP contribution in [0.4, 0.5) is 5.69 Å². The van der Waals surface area contributed by atoms with E-state index in [4.69, 9.17) is 10.00 Å². The van der Waals surface area contributed by atoms with Crippen LogP contribution in [0.3, 0.4) is 0 Å². The summed E-state index contributed by atoms with van der Waals surface area (Å²) >= 11 is 1.46. The molecule has 1 aromatic heterocycles. The van der Waals surface area contributed by atoms with E-state index in [-0.39, 0.29) is 17.5 Å². The monoisotopic (exact) mass is 300 g/mol. The van der Waals surface area contributed by atoms with Crippen molar-refractivity contribution in [2.45, 2.75) is 0 Å². The molecule has 1 aromatic carbocycles. The van der Waals surface area contributed by atoms with Gasteiger partial charge in [-0.2, -0.15) is 17.0 Å². The van der Waals surface area contributed by atoms with Gasteiger partial charge < -0.3 is 10.1 Å². The Balaban J connectivity index is 2.06. The number of anilines is 1. The molecule has 1 heterocycles. The van der Waals surface area contributed by atoms with E-state index in [9.17, 15) is 4.79 Å². The van der Waals surface area contributed by atoms with Crippen LogP contribution in [0.1, 0.15) is 5.69 Å². The molecule has 0 bridgehead atoms. The zero-order valence-electron chi connectivity index (χ0n) is 11.2. The lowest BCUT2D eigenvalue weighted by Gasteiger charge is -2.07. The van der Waals surface area contributed by atoms with Gasteiger partial charge in [-0.25, -0.2) is 9.97 Å². The number of hydrogen-bond donors (Lipinski definition) is 1. The van der Waals surface area contributed by atoms with Crippen LogP contribution in [-0.4, -0.2) is 27.9 Å². The Labute approximate surface area is 126 Å². The summed E-state index contributed by atoms with van der Waals surface area (Å²) in [5.41, 5.74) is 0.802. The van der Waals surface area contributed by atoms with Gasteiger partial charge in [-0.15, -0.1) is 0 Å². The van der Waals surface area contributed by atoms with Gasteiger partial charge in [0.15, 0.2) is 0 Å². The van der Waals surface area contributed by atoms with Gasteiger partial charge in [-0.3, -0.25) is 4.79 Å². The zero-order valence-corrected chi connectivity index (χ0v) is 12.1. The smallest absolute Gasteiger partial charge is 0.256 e. The normalized spacial score (nSPS) is 9.71. The van der Waals surface area contributed by atoms with Crippen molar-refractivity contribution in [3.05, 3.63) is 42.4 Å². The molecule has 0 atom stereocenters. The first-order valence-corrected chi connectivity index (χ1v) is 7.40. The summed E-state index contributed by atoms with van der Waals surface area (Å²) < 4.78 is 5.49. The van der Waals surface area contributed by atoms with Crippen LogP contribution in [0, 0.1) is 11.3 Å². The molecule has 0 spiro atoms. The molecule has 106 valence electrons. The number of nitriles is 1. The largest absolute Gasteiger partial charge is 0.436 e. The number of carbonyl (C=O) groups excluding carboxylic acids is 1. The number of nitrogens with zero attached hydrogens (tertiary/aromatic N) is 3. The molecule has 0 saturated heterocycles. The average molecular weight is 300 g/mol. The minimum absolute atomic E-state index is 0.0585. The molecule has 1 amide bonds. The van der Waals surface area contributed by atoms with Crippen molar-refractivity contribution in [1.29, 1.82) is 5.26 Å². The third kappa shape index (κ3) is 4.19. The minimum Gasteiger partial charge on any atom is -0.436 e. The molecule has 2 aromatic rings. The summed E-state index contributed by atoms with van der Waals surface area (Å²) in [5.74, 6) is 1.01. The van der Waals surface area contributed by atoms with Gasteiger partial charge in [0.1, 0.15) is 11.8 Å². The maximum absolute atomic E-state index is 11.5. The Morgan fingerprint density at radius 1 is 1.33 bits per heavy atom. The van der Waals surface area contributed by atoms with E-state index < -0.39 is 0 Å². The third-order valence-electron chi connectivity index (χ3n) is 2.40. The molecule has 0 unspecified atom stereocenters. The molecule has 0 radical (unpaired) electrons.